The summed E-state index contributed by atoms with van der Waals surface area (Å²) >= 11 is 3.00. The number of nitrogens with zero attached hydrogens (tertiary/aromatic N) is 3. The van der Waals surface area contributed by atoms with E-state index in [1.54, 1.807) is 29.5 Å². The molecule has 7 heteroatoms. The average molecular weight is 339 g/mol. The Labute approximate surface area is 139 Å². The Morgan fingerprint density at radius 2 is 2.04 bits per heavy atom. The molecule has 0 unspecified atom stereocenters. The van der Waals surface area contributed by atoms with Gasteiger partial charge in [-0.25, -0.2) is 4.98 Å². The zero-order valence-corrected chi connectivity index (χ0v) is 13.3. The van der Waals surface area contributed by atoms with Gasteiger partial charge in [0.2, 0.25) is 0 Å². The second-order valence-corrected chi connectivity index (χ2v) is 6.34. The molecule has 5 nitrogen and oxygen atoms in total. The number of hydrogen-bond donors (Lipinski definition) is 0. The van der Waals surface area contributed by atoms with Crippen LogP contribution in [-0.2, 0) is 0 Å². The molecule has 0 aliphatic rings. The maximum Gasteiger partial charge on any atom is 0.269 e. The minimum absolute atomic E-state index is 0.0230. The van der Waals surface area contributed by atoms with Gasteiger partial charge in [0.25, 0.3) is 5.69 Å². The molecule has 0 atom stereocenters. The highest BCUT2D eigenvalue weighted by molar-refractivity contribution is 7.14. The van der Waals surface area contributed by atoms with Crippen molar-refractivity contribution in [2.75, 3.05) is 0 Å². The zero-order valence-electron chi connectivity index (χ0n) is 11.7. The largest absolute Gasteiger partial charge is 0.269 e. The van der Waals surface area contributed by atoms with E-state index in [-0.39, 0.29) is 5.69 Å². The topological polar surface area (TPSA) is 79.8 Å². The van der Waals surface area contributed by atoms with Crippen LogP contribution < -0.4 is 0 Å². The van der Waals surface area contributed by atoms with Crippen molar-refractivity contribution >= 4 is 40.0 Å². The van der Waals surface area contributed by atoms with Gasteiger partial charge in [0.1, 0.15) is 11.1 Å². The summed E-state index contributed by atoms with van der Waals surface area (Å²) in [7, 11) is 0. The van der Waals surface area contributed by atoms with Crippen LogP contribution in [0.1, 0.15) is 10.6 Å². The molecule has 0 saturated heterocycles. The third-order valence-electron chi connectivity index (χ3n) is 3.04. The van der Waals surface area contributed by atoms with Crippen LogP contribution in [0.15, 0.2) is 47.2 Å². The highest BCUT2D eigenvalue weighted by Gasteiger charge is 2.10. The van der Waals surface area contributed by atoms with Gasteiger partial charge in [-0.15, -0.1) is 22.7 Å². The lowest BCUT2D eigenvalue weighted by atomic mass is 10.1. The molecular weight excluding hydrogens is 330 g/mol. The van der Waals surface area contributed by atoms with E-state index in [1.807, 2.05) is 22.9 Å². The summed E-state index contributed by atoms with van der Waals surface area (Å²) in [5, 5.41) is 24.6. The predicted molar refractivity (Wildman–Crippen MR) is 92.0 cm³/mol. The summed E-state index contributed by atoms with van der Waals surface area (Å²) in [4.78, 5) is 15.8. The molecule has 0 aliphatic heterocycles. The van der Waals surface area contributed by atoms with Gasteiger partial charge in [0.15, 0.2) is 0 Å². The fourth-order valence-electron chi connectivity index (χ4n) is 1.94. The van der Waals surface area contributed by atoms with Crippen molar-refractivity contribution in [3.63, 3.8) is 0 Å². The maximum atomic E-state index is 10.7. The molecule has 1 aromatic carbocycles. The van der Waals surface area contributed by atoms with Crippen LogP contribution in [0.4, 0.5) is 5.69 Å². The van der Waals surface area contributed by atoms with Crippen LogP contribution in [-0.4, -0.2) is 9.91 Å². The van der Waals surface area contributed by atoms with E-state index in [9.17, 15) is 15.4 Å². The van der Waals surface area contributed by atoms with Gasteiger partial charge in [-0.1, -0.05) is 6.07 Å². The van der Waals surface area contributed by atoms with Crippen molar-refractivity contribution in [3.8, 4) is 16.6 Å². The van der Waals surface area contributed by atoms with Gasteiger partial charge < -0.3 is 0 Å². The SMILES string of the molecule is N#CC(=Cc1ccc([N+](=O)[O-])cc1)c1nc(-c2cccs2)cs1. The minimum Gasteiger partial charge on any atom is -0.258 e. The van der Waals surface area contributed by atoms with Crippen molar-refractivity contribution in [1.29, 1.82) is 5.26 Å². The molecule has 3 aromatic rings. The molecule has 0 spiro atoms. The second kappa shape index (κ2) is 6.52. The fraction of sp³-hybridized carbons (Fsp3) is 0. The number of nitro groups is 1. The summed E-state index contributed by atoms with van der Waals surface area (Å²) in [6.45, 7) is 0. The number of nitriles is 1. The number of allylic oxidation sites excluding steroid dienone is 1. The Balaban J connectivity index is 1.90. The summed E-state index contributed by atoms with van der Waals surface area (Å²) in [5.74, 6) is 0. The fourth-order valence-corrected chi connectivity index (χ4v) is 3.48. The van der Waals surface area contributed by atoms with E-state index in [0.717, 1.165) is 16.1 Å². The van der Waals surface area contributed by atoms with Crippen molar-refractivity contribution < 1.29 is 4.92 Å². The van der Waals surface area contributed by atoms with Crippen LogP contribution in [0.5, 0.6) is 0 Å². The number of hydrogen-bond acceptors (Lipinski definition) is 6. The van der Waals surface area contributed by atoms with Crippen LogP contribution in [0.25, 0.3) is 22.2 Å². The number of thiophene rings is 1. The van der Waals surface area contributed by atoms with Crippen LogP contribution >= 0.6 is 22.7 Å². The lowest BCUT2D eigenvalue weighted by Gasteiger charge is -1.96. The van der Waals surface area contributed by atoms with E-state index < -0.39 is 4.92 Å². The normalized spacial score (nSPS) is 11.2. The predicted octanol–water partition coefficient (Wildman–Crippen LogP) is 4.84. The van der Waals surface area contributed by atoms with Crippen molar-refractivity contribution in [3.05, 3.63) is 67.8 Å². The molecule has 0 bridgehead atoms. The number of non-ortho nitro benzene ring substituents is 1. The first-order valence-corrected chi connectivity index (χ1v) is 8.29. The monoisotopic (exact) mass is 339 g/mol. The van der Waals surface area contributed by atoms with Crippen LogP contribution in [0.2, 0.25) is 0 Å². The second-order valence-electron chi connectivity index (χ2n) is 4.53. The van der Waals surface area contributed by atoms with Gasteiger partial charge in [0.05, 0.1) is 21.1 Å². The van der Waals surface area contributed by atoms with Gasteiger partial charge in [-0.05, 0) is 35.2 Å². The van der Waals surface area contributed by atoms with E-state index in [1.165, 1.54) is 23.5 Å². The highest BCUT2D eigenvalue weighted by atomic mass is 32.1. The molecule has 23 heavy (non-hydrogen) atoms. The Morgan fingerprint density at radius 3 is 2.65 bits per heavy atom. The van der Waals surface area contributed by atoms with Gasteiger partial charge in [-0.2, -0.15) is 5.26 Å². The maximum absolute atomic E-state index is 10.7. The standard InChI is InChI=1S/C16H9N3O2S2/c17-9-12(8-11-3-5-13(6-4-11)19(20)21)16-18-14(10-23-16)15-2-1-7-22-15/h1-8,10H. The first kappa shape index (κ1) is 15.1. The Hall–Kier alpha value is -2.82. The van der Waals surface area contributed by atoms with E-state index in [0.29, 0.717) is 10.6 Å². The van der Waals surface area contributed by atoms with Crippen LogP contribution in [0, 0.1) is 21.4 Å². The van der Waals surface area contributed by atoms with Crippen molar-refractivity contribution in [2.45, 2.75) is 0 Å². The number of rotatable bonds is 4. The lowest BCUT2D eigenvalue weighted by Crippen LogP contribution is -1.87. The molecule has 3 rings (SSSR count). The molecule has 0 saturated carbocycles. The minimum atomic E-state index is -0.452. The summed E-state index contributed by atoms with van der Waals surface area (Å²) in [5.41, 5.74) is 2.03. The third-order valence-corrected chi connectivity index (χ3v) is 4.81. The summed E-state index contributed by atoms with van der Waals surface area (Å²) in [6.07, 6.45) is 1.68. The molecule has 112 valence electrons. The Bertz CT molecular complexity index is 904. The molecule has 0 aliphatic carbocycles. The Morgan fingerprint density at radius 1 is 1.26 bits per heavy atom. The smallest absolute Gasteiger partial charge is 0.258 e. The van der Waals surface area contributed by atoms with Gasteiger partial charge in [0, 0.05) is 17.5 Å². The first-order valence-electron chi connectivity index (χ1n) is 6.53. The van der Waals surface area contributed by atoms with E-state index in [2.05, 4.69) is 11.1 Å². The molecule has 2 heterocycles. The third kappa shape index (κ3) is 3.34. The van der Waals surface area contributed by atoms with E-state index >= 15 is 0 Å². The molecule has 0 amide bonds. The molecule has 2 aromatic heterocycles. The zero-order chi connectivity index (χ0) is 16.2. The Kier molecular flexibility index (Phi) is 4.28. The molecule has 0 radical (unpaired) electrons. The van der Waals surface area contributed by atoms with Crippen molar-refractivity contribution in [2.24, 2.45) is 0 Å². The number of aromatic nitrogens is 1. The van der Waals surface area contributed by atoms with Gasteiger partial charge in [-0.3, -0.25) is 10.1 Å². The molecule has 0 fully saturated rings. The number of benzene rings is 1. The van der Waals surface area contributed by atoms with E-state index in [4.69, 9.17) is 0 Å². The average Bonchev–Trinajstić information content (AvgIpc) is 3.24. The molecule has 0 N–H and O–H groups in total. The summed E-state index contributed by atoms with van der Waals surface area (Å²) in [6, 6.07) is 12.1. The van der Waals surface area contributed by atoms with Crippen LogP contribution in [0.3, 0.4) is 0 Å². The molecular formula is C16H9N3O2S2. The van der Waals surface area contributed by atoms with Gasteiger partial charge >= 0.3 is 0 Å². The lowest BCUT2D eigenvalue weighted by molar-refractivity contribution is -0.384. The van der Waals surface area contributed by atoms with Crippen molar-refractivity contribution in [1.82, 2.24) is 4.98 Å². The number of thiazole rings is 1. The first-order chi connectivity index (χ1) is 11.2. The highest BCUT2D eigenvalue weighted by Crippen LogP contribution is 2.29. The quantitative estimate of drug-likeness (QED) is 0.387. The summed E-state index contributed by atoms with van der Waals surface area (Å²) < 4.78 is 0. The number of nitro benzene ring substituents is 1.